The molecule has 0 radical (unpaired) electrons. The van der Waals surface area contributed by atoms with Crippen LogP contribution in [-0.2, 0) is 0 Å². The Hall–Kier alpha value is -10.1. The first-order valence-corrected chi connectivity index (χ1v) is 27.2. The molecule has 0 bridgehead atoms. The summed E-state index contributed by atoms with van der Waals surface area (Å²) in [6, 6.07) is 105. The quantitative estimate of drug-likeness (QED) is 0.122. The van der Waals surface area contributed by atoms with Crippen molar-refractivity contribution in [2.75, 3.05) is 0 Å². The van der Waals surface area contributed by atoms with Gasteiger partial charge in [0.25, 0.3) is 0 Å². The largest absolute Gasteiger partial charge is 0.0616 e. The molecule has 0 amide bonds. The zero-order chi connectivity index (χ0) is 51.0. The van der Waals surface area contributed by atoms with Crippen LogP contribution in [-0.4, -0.2) is 0 Å². The van der Waals surface area contributed by atoms with Crippen molar-refractivity contribution in [3.63, 3.8) is 0 Å². The van der Waals surface area contributed by atoms with Crippen molar-refractivity contribution in [1.82, 2.24) is 0 Å². The van der Waals surface area contributed by atoms with E-state index in [0.717, 1.165) is 0 Å². The fraction of sp³-hybridized carbons (Fsp3) is 0. The van der Waals surface area contributed by atoms with E-state index in [2.05, 4.69) is 279 Å². The van der Waals surface area contributed by atoms with Crippen LogP contribution in [0.3, 0.4) is 0 Å². The molecule has 17 aromatic carbocycles. The molecule has 0 nitrogen and oxygen atoms in total. The highest BCUT2D eigenvalue weighted by atomic mass is 14.2. The summed E-state index contributed by atoms with van der Waals surface area (Å²) in [5, 5.41) is 30.4. The molecule has 17 aromatic rings. The zero-order valence-electron chi connectivity index (χ0n) is 42.6. The van der Waals surface area contributed by atoms with Crippen molar-refractivity contribution >= 4 is 129 Å². The van der Waals surface area contributed by atoms with E-state index in [1.807, 2.05) is 0 Å². The second-order valence-corrected chi connectivity index (χ2v) is 21.4. The standard InChI is InChI=1S/C78H46/c1-3-15-51-43-73-55(41-49(51)13-1)33-35-67-61(73)23-11-27-69(67)77-59-19-7-5-17-53(59)45-75-63-25-9-21-57(65(63)37-39-71(75)77)47-29-31-48(32-30-47)58-22-10-26-64-66(58)38-40-72-76(64)46-54-18-6-8-20-60(54)78(72)70-28-12-24-62-68(70)36-34-56-42-50-14-2-4-16-52(50)44-74(56)62/h1-46H. The lowest BCUT2D eigenvalue weighted by Crippen LogP contribution is -1.90. The summed E-state index contributed by atoms with van der Waals surface area (Å²) in [6.07, 6.45) is 0. The first-order valence-electron chi connectivity index (χ1n) is 27.2. The second kappa shape index (κ2) is 16.7. The maximum atomic E-state index is 2.41. The normalized spacial score (nSPS) is 12.1. The molecule has 17 rings (SSSR count). The summed E-state index contributed by atoms with van der Waals surface area (Å²) in [6.45, 7) is 0. The van der Waals surface area contributed by atoms with Gasteiger partial charge in [-0.1, -0.05) is 243 Å². The van der Waals surface area contributed by atoms with E-state index in [9.17, 15) is 0 Å². The van der Waals surface area contributed by atoms with Gasteiger partial charge in [-0.25, -0.2) is 0 Å². The molecule has 0 aliphatic rings. The summed E-state index contributed by atoms with van der Waals surface area (Å²) < 4.78 is 0. The topological polar surface area (TPSA) is 0 Å². The zero-order valence-corrected chi connectivity index (χ0v) is 42.6. The van der Waals surface area contributed by atoms with Gasteiger partial charge >= 0.3 is 0 Å². The van der Waals surface area contributed by atoms with E-state index in [4.69, 9.17) is 0 Å². The van der Waals surface area contributed by atoms with Crippen LogP contribution >= 0.6 is 0 Å². The van der Waals surface area contributed by atoms with Crippen LogP contribution in [0.25, 0.3) is 174 Å². The minimum Gasteiger partial charge on any atom is -0.0616 e. The smallest absolute Gasteiger partial charge is 0.00204 e. The molecule has 0 N–H and O–H groups in total. The third-order valence-corrected chi connectivity index (χ3v) is 17.3. The summed E-state index contributed by atoms with van der Waals surface area (Å²) in [5.41, 5.74) is 9.97. The SMILES string of the molecule is c1ccc2cc3c(ccc4c(-c5c6ccccc6cc6c5ccc5c(-c7ccc(-c8cccc9c8ccc8c(-c%10cccc%11c%10ccc%10cc%12ccccc%12cc%10%11)c%10ccccc%10cc89)cc7)cccc56)cccc43)cc2c1. The summed E-state index contributed by atoms with van der Waals surface area (Å²) in [7, 11) is 0. The summed E-state index contributed by atoms with van der Waals surface area (Å²) in [5.74, 6) is 0. The molecule has 0 aliphatic heterocycles. The van der Waals surface area contributed by atoms with Gasteiger partial charge in [-0.2, -0.15) is 0 Å². The van der Waals surface area contributed by atoms with Gasteiger partial charge in [0.2, 0.25) is 0 Å². The summed E-state index contributed by atoms with van der Waals surface area (Å²) in [4.78, 5) is 0. The van der Waals surface area contributed by atoms with E-state index < -0.39 is 0 Å². The molecule has 0 unspecified atom stereocenters. The molecule has 0 aliphatic carbocycles. The monoisotopic (exact) mass is 982 g/mol. The van der Waals surface area contributed by atoms with Gasteiger partial charge in [-0.05, 0) is 210 Å². The van der Waals surface area contributed by atoms with E-state index in [1.165, 1.54) is 174 Å². The van der Waals surface area contributed by atoms with E-state index in [0.29, 0.717) is 0 Å². The van der Waals surface area contributed by atoms with Gasteiger partial charge in [-0.15, -0.1) is 0 Å². The van der Waals surface area contributed by atoms with Crippen LogP contribution in [0.1, 0.15) is 0 Å². The lowest BCUT2D eigenvalue weighted by atomic mass is 9.85. The number of fused-ring (bicyclic) bond motifs is 16. The number of rotatable bonds is 4. The van der Waals surface area contributed by atoms with Crippen molar-refractivity contribution in [3.8, 4) is 44.5 Å². The van der Waals surface area contributed by atoms with Gasteiger partial charge in [0.05, 0.1) is 0 Å². The molecule has 0 saturated carbocycles. The molecule has 0 spiro atoms. The first-order chi connectivity index (χ1) is 38.7. The molecule has 358 valence electrons. The first kappa shape index (κ1) is 43.1. The van der Waals surface area contributed by atoms with Crippen LogP contribution in [0.2, 0.25) is 0 Å². The predicted octanol–water partition coefficient (Wildman–Crippen LogP) is 22.2. The highest BCUT2D eigenvalue weighted by Crippen LogP contribution is 2.47. The third-order valence-electron chi connectivity index (χ3n) is 17.3. The summed E-state index contributed by atoms with van der Waals surface area (Å²) >= 11 is 0. The maximum Gasteiger partial charge on any atom is -0.00204 e. The van der Waals surface area contributed by atoms with Crippen LogP contribution < -0.4 is 0 Å². The Bertz CT molecular complexity index is 5090. The van der Waals surface area contributed by atoms with Gasteiger partial charge < -0.3 is 0 Å². The van der Waals surface area contributed by atoms with Gasteiger partial charge in [-0.3, -0.25) is 0 Å². The number of benzene rings is 17. The van der Waals surface area contributed by atoms with Crippen molar-refractivity contribution < 1.29 is 0 Å². The van der Waals surface area contributed by atoms with E-state index in [-0.39, 0.29) is 0 Å². The minimum atomic E-state index is 1.20. The van der Waals surface area contributed by atoms with Crippen molar-refractivity contribution in [2.24, 2.45) is 0 Å². The van der Waals surface area contributed by atoms with Crippen LogP contribution in [0.5, 0.6) is 0 Å². The Morgan fingerprint density at radius 1 is 0.128 bits per heavy atom. The molecule has 0 atom stereocenters. The van der Waals surface area contributed by atoms with Gasteiger partial charge in [0.1, 0.15) is 0 Å². The predicted molar refractivity (Wildman–Crippen MR) is 338 cm³/mol. The van der Waals surface area contributed by atoms with Crippen LogP contribution in [0.15, 0.2) is 279 Å². The van der Waals surface area contributed by atoms with Crippen molar-refractivity contribution in [1.29, 1.82) is 0 Å². The van der Waals surface area contributed by atoms with Crippen molar-refractivity contribution in [3.05, 3.63) is 279 Å². The molecule has 0 aromatic heterocycles. The molecule has 78 heavy (non-hydrogen) atoms. The molecule has 0 heterocycles. The second-order valence-electron chi connectivity index (χ2n) is 21.4. The average Bonchev–Trinajstić information content (AvgIpc) is 3.69. The fourth-order valence-electron chi connectivity index (χ4n) is 13.7. The lowest BCUT2D eigenvalue weighted by Gasteiger charge is -2.18. The fourth-order valence-corrected chi connectivity index (χ4v) is 13.7. The maximum absolute atomic E-state index is 2.41. The number of hydrogen-bond donors (Lipinski definition) is 0. The lowest BCUT2D eigenvalue weighted by molar-refractivity contribution is 1.63. The molecular weight excluding hydrogens is 937 g/mol. The highest BCUT2D eigenvalue weighted by Gasteiger charge is 2.20. The van der Waals surface area contributed by atoms with Crippen molar-refractivity contribution in [2.45, 2.75) is 0 Å². The van der Waals surface area contributed by atoms with Crippen LogP contribution in [0.4, 0.5) is 0 Å². The minimum absolute atomic E-state index is 1.20. The average molecular weight is 983 g/mol. The Labute approximate surface area is 450 Å². The Balaban J connectivity index is 0.787. The number of hydrogen-bond acceptors (Lipinski definition) is 0. The molecule has 0 fully saturated rings. The molecular formula is C78H46. The van der Waals surface area contributed by atoms with Gasteiger partial charge in [0.15, 0.2) is 0 Å². The third kappa shape index (κ3) is 6.41. The van der Waals surface area contributed by atoms with Crippen LogP contribution in [0, 0.1) is 0 Å². The molecule has 0 saturated heterocycles. The Morgan fingerprint density at radius 2 is 0.410 bits per heavy atom. The Morgan fingerprint density at radius 3 is 0.833 bits per heavy atom. The van der Waals surface area contributed by atoms with E-state index in [1.54, 1.807) is 0 Å². The van der Waals surface area contributed by atoms with E-state index >= 15 is 0 Å². The highest BCUT2D eigenvalue weighted by molar-refractivity contribution is 6.27. The Kier molecular flexibility index (Phi) is 9.22. The van der Waals surface area contributed by atoms with Gasteiger partial charge in [0, 0.05) is 0 Å². The molecule has 0 heteroatoms.